The van der Waals surface area contributed by atoms with Crippen molar-refractivity contribution in [2.24, 2.45) is 5.73 Å². The van der Waals surface area contributed by atoms with Crippen LogP contribution in [-0.2, 0) is 12.2 Å². The van der Waals surface area contributed by atoms with E-state index in [0.29, 0.717) is 19.4 Å². The molecule has 88 valence electrons. The van der Waals surface area contributed by atoms with Crippen LogP contribution in [0.25, 0.3) is 0 Å². The second kappa shape index (κ2) is 4.52. The first-order valence-corrected chi connectivity index (χ1v) is 5.81. The summed E-state index contributed by atoms with van der Waals surface area (Å²) in [4.78, 5) is 2.17. The summed E-state index contributed by atoms with van der Waals surface area (Å²) in [6.45, 7) is 2.04. The number of likely N-dealkylation sites (tertiary alicyclic amines) is 1. The maximum atomic E-state index is 14.8. The zero-order chi connectivity index (χ0) is 11.6. The van der Waals surface area contributed by atoms with Crippen molar-refractivity contribution in [1.82, 2.24) is 4.90 Å². The third-order valence-electron chi connectivity index (χ3n) is 3.50. The SMILES string of the molecule is CN1CCC(F)(c2ccccc2CN)CC1. The molecule has 2 rings (SSSR count). The number of halogens is 1. The van der Waals surface area contributed by atoms with E-state index in [-0.39, 0.29) is 0 Å². The molecule has 2 nitrogen and oxygen atoms in total. The van der Waals surface area contributed by atoms with Gasteiger partial charge in [0, 0.05) is 19.6 Å². The normalized spacial score (nSPS) is 20.9. The van der Waals surface area contributed by atoms with E-state index in [1.54, 1.807) is 0 Å². The van der Waals surface area contributed by atoms with Crippen molar-refractivity contribution in [1.29, 1.82) is 0 Å². The highest BCUT2D eigenvalue weighted by Crippen LogP contribution is 2.38. The Hall–Kier alpha value is -0.930. The summed E-state index contributed by atoms with van der Waals surface area (Å²) in [6, 6.07) is 7.63. The van der Waals surface area contributed by atoms with E-state index >= 15 is 0 Å². The Bertz CT molecular complexity index is 357. The van der Waals surface area contributed by atoms with Crippen LogP contribution in [0.2, 0.25) is 0 Å². The van der Waals surface area contributed by atoms with Gasteiger partial charge in [0.15, 0.2) is 0 Å². The number of piperidine rings is 1. The molecule has 0 radical (unpaired) electrons. The Morgan fingerprint density at radius 1 is 1.31 bits per heavy atom. The summed E-state index contributed by atoms with van der Waals surface area (Å²) in [5.41, 5.74) is 6.22. The van der Waals surface area contributed by atoms with Crippen molar-refractivity contribution in [2.45, 2.75) is 25.1 Å². The van der Waals surface area contributed by atoms with Crippen molar-refractivity contribution < 1.29 is 4.39 Å². The molecular formula is C13H19FN2. The summed E-state index contributed by atoms with van der Waals surface area (Å²) >= 11 is 0. The molecular weight excluding hydrogens is 203 g/mol. The second-order valence-electron chi connectivity index (χ2n) is 4.63. The van der Waals surface area contributed by atoms with Gasteiger partial charge < -0.3 is 10.6 Å². The van der Waals surface area contributed by atoms with Crippen LogP contribution in [0.1, 0.15) is 24.0 Å². The Balaban J connectivity index is 2.28. The molecule has 2 N–H and O–H groups in total. The standard InChI is InChI=1S/C13H19FN2/c1-16-8-6-13(14,7-9-16)12-5-3-2-4-11(12)10-15/h2-5H,6-10,15H2,1H3. The molecule has 1 fully saturated rings. The number of nitrogens with two attached hydrogens (primary N) is 1. The lowest BCUT2D eigenvalue weighted by Crippen LogP contribution is -2.38. The molecule has 0 unspecified atom stereocenters. The van der Waals surface area contributed by atoms with Gasteiger partial charge in [-0.25, -0.2) is 4.39 Å². The Labute approximate surface area is 96.2 Å². The Morgan fingerprint density at radius 2 is 1.94 bits per heavy atom. The minimum Gasteiger partial charge on any atom is -0.326 e. The van der Waals surface area contributed by atoms with Gasteiger partial charge in [0.05, 0.1) is 0 Å². The molecule has 1 aliphatic rings. The average molecular weight is 222 g/mol. The van der Waals surface area contributed by atoms with Crippen LogP contribution in [0, 0.1) is 0 Å². The molecule has 1 saturated heterocycles. The molecule has 3 heteroatoms. The quantitative estimate of drug-likeness (QED) is 0.829. The lowest BCUT2D eigenvalue weighted by molar-refractivity contribution is 0.0666. The van der Waals surface area contributed by atoms with Crippen LogP contribution in [0.3, 0.4) is 0 Å². The number of hydrogen-bond donors (Lipinski definition) is 1. The van der Waals surface area contributed by atoms with Crippen molar-refractivity contribution >= 4 is 0 Å². The second-order valence-corrected chi connectivity index (χ2v) is 4.63. The average Bonchev–Trinajstić information content (AvgIpc) is 2.33. The van der Waals surface area contributed by atoms with Gasteiger partial charge in [-0.3, -0.25) is 0 Å². The summed E-state index contributed by atoms with van der Waals surface area (Å²) in [5.74, 6) is 0. The molecule has 0 aromatic heterocycles. The summed E-state index contributed by atoms with van der Waals surface area (Å²) in [6.07, 6.45) is 1.14. The van der Waals surface area contributed by atoms with Gasteiger partial charge in [-0.2, -0.15) is 0 Å². The molecule has 0 spiro atoms. The van der Waals surface area contributed by atoms with Crippen molar-refractivity contribution in [2.75, 3.05) is 20.1 Å². The van der Waals surface area contributed by atoms with Crippen LogP contribution in [0.4, 0.5) is 4.39 Å². The van der Waals surface area contributed by atoms with E-state index in [9.17, 15) is 4.39 Å². The molecule has 1 aliphatic heterocycles. The van der Waals surface area contributed by atoms with E-state index in [1.807, 2.05) is 31.3 Å². The topological polar surface area (TPSA) is 29.3 Å². The smallest absolute Gasteiger partial charge is 0.138 e. The van der Waals surface area contributed by atoms with Gasteiger partial charge >= 0.3 is 0 Å². The fourth-order valence-electron chi connectivity index (χ4n) is 2.38. The van der Waals surface area contributed by atoms with E-state index in [4.69, 9.17) is 5.73 Å². The molecule has 0 amide bonds. The van der Waals surface area contributed by atoms with Crippen molar-refractivity contribution in [3.8, 4) is 0 Å². The Morgan fingerprint density at radius 3 is 2.56 bits per heavy atom. The summed E-state index contributed by atoms with van der Waals surface area (Å²) in [7, 11) is 2.04. The molecule has 0 saturated carbocycles. The third kappa shape index (κ3) is 2.11. The van der Waals surface area contributed by atoms with E-state index in [1.165, 1.54) is 0 Å². The van der Waals surface area contributed by atoms with Crippen LogP contribution in [-0.4, -0.2) is 25.0 Å². The molecule has 0 bridgehead atoms. The van der Waals surface area contributed by atoms with Gasteiger partial charge in [0.2, 0.25) is 0 Å². The largest absolute Gasteiger partial charge is 0.326 e. The van der Waals surface area contributed by atoms with Crippen molar-refractivity contribution in [3.63, 3.8) is 0 Å². The van der Waals surface area contributed by atoms with Crippen LogP contribution >= 0.6 is 0 Å². The molecule has 0 atom stereocenters. The number of rotatable bonds is 2. The lowest BCUT2D eigenvalue weighted by Gasteiger charge is -2.35. The number of hydrogen-bond acceptors (Lipinski definition) is 2. The van der Waals surface area contributed by atoms with Crippen LogP contribution in [0.5, 0.6) is 0 Å². The lowest BCUT2D eigenvalue weighted by atomic mass is 9.83. The monoisotopic (exact) mass is 222 g/mol. The molecule has 1 aromatic carbocycles. The van der Waals surface area contributed by atoms with Crippen LogP contribution in [0.15, 0.2) is 24.3 Å². The zero-order valence-corrected chi connectivity index (χ0v) is 9.75. The van der Waals surface area contributed by atoms with Crippen molar-refractivity contribution in [3.05, 3.63) is 35.4 Å². The highest BCUT2D eigenvalue weighted by atomic mass is 19.1. The fourth-order valence-corrected chi connectivity index (χ4v) is 2.38. The van der Waals surface area contributed by atoms with Crippen LogP contribution < -0.4 is 5.73 Å². The van der Waals surface area contributed by atoms with Gasteiger partial charge in [0.25, 0.3) is 0 Å². The molecule has 0 aliphatic carbocycles. The number of nitrogens with zero attached hydrogens (tertiary/aromatic N) is 1. The highest BCUT2D eigenvalue weighted by molar-refractivity contribution is 5.33. The highest BCUT2D eigenvalue weighted by Gasteiger charge is 2.36. The first kappa shape index (κ1) is 11.6. The maximum Gasteiger partial charge on any atom is 0.138 e. The minimum absolute atomic E-state index is 0.414. The summed E-state index contributed by atoms with van der Waals surface area (Å²) < 4.78 is 14.8. The number of alkyl halides is 1. The van der Waals surface area contributed by atoms with Gasteiger partial charge in [-0.05, 0) is 31.0 Å². The van der Waals surface area contributed by atoms with Gasteiger partial charge in [-0.1, -0.05) is 24.3 Å². The van der Waals surface area contributed by atoms with Gasteiger partial charge in [0.1, 0.15) is 5.67 Å². The molecule has 16 heavy (non-hydrogen) atoms. The van der Waals surface area contributed by atoms with E-state index in [0.717, 1.165) is 24.2 Å². The maximum absolute atomic E-state index is 14.8. The van der Waals surface area contributed by atoms with Gasteiger partial charge in [-0.15, -0.1) is 0 Å². The predicted octanol–water partition coefficient (Wildman–Crippen LogP) is 2.04. The van der Waals surface area contributed by atoms with E-state index < -0.39 is 5.67 Å². The first-order chi connectivity index (χ1) is 7.65. The summed E-state index contributed by atoms with van der Waals surface area (Å²) in [5, 5.41) is 0. The molecule has 1 aromatic rings. The minimum atomic E-state index is -1.18. The fraction of sp³-hybridized carbons (Fsp3) is 0.538. The predicted molar refractivity (Wildman–Crippen MR) is 63.9 cm³/mol. The van der Waals surface area contributed by atoms with E-state index in [2.05, 4.69) is 4.90 Å². The number of benzene rings is 1. The molecule has 1 heterocycles. The Kier molecular flexibility index (Phi) is 3.26. The zero-order valence-electron chi connectivity index (χ0n) is 9.75. The first-order valence-electron chi connectivity index (χ1n) is 5.81. The third-order valence-corrected chi connectivity index (χ3v) is 3.50.